The van der Waals surface area contributed by atoms with Crippen LogP contribution in [0, 0.1) is 0 Å². The van der Waals surface area contributed by atoms with Gasteiger partial charge in [0.2, 0.25) is 21.8 Å². The second-order valence-corrected chi connectivity index (χ2v) is 11.6. The van der Waals surface area contributed by atoms with E-state index in [-0.39, 0.29) is 24.9 Å². The zero-order valence-electron chi connectivity index (χ0n) is 21.9. The zero-order valence-corrected chi connectivity index (χ0v) is 23.5. The molecule has 0 saturated carbocycles. The molecule has 3 aromatic carbocycles. The van der Waals surface area contributed by atoms with E-state index in [9.17, 15) is 18.0 Å². The highest BCUT2D eigenvalue weighted by Gasteiger charge is 2.33. The van der Waals surface area contributed by atoms with Gasteiger partial charge >= 0.3 is 0 Å². The summed E-state index contributed by atoms with van der Waals surface area (Å²) in [4.78, 5) is 29.0. The minimum Gasteiger partial charge on any atom is -0.352 e. The first-order valence-electron chi connectivity index (χ1n) is 12.5. The highest BCUT2D eigenvalue weighted by atomic mass is 35.5. The van der Waals surface area contributed by atoms with Crippen molar-refractivity contribution in [3.63, 3.8) is 0 Å². The number of nitrogens with one attached hydrogen (secondary N) is 1. The first-order chi connectivity index (χ1) is 18.1. The fourth-order valence-corrected chi connectivity index (χ4v) is 4.97. The SMILES string of the molecule is CC[C@@H](C)NC(=O)[C@@H](Cc1ccccc1)N(Cc1ccccc1)C(=O)CN(c1ccc(Cl)cc1)S(C)(=O)=O. The van der Waals surface area contributed by atoms with Crippen LogP contribution >= 0.6 is 11.6 Å². The van der Waals surface area contributed by atoms with Crippen LogP contribution in [0.5, 0.6) is 0 Å². The Balaban J connectivity index is 2.03. The Bertz CT molecular complexity index is 1300. The molecule has 202 valence electrons. The summed E-state index contributed by atoms with van der Waals surface area (Å²) in [6, 6.07) is 24.1. The van der Waals surface area contributed by atoms with Crippen molar-refractivity contribution >= 4 is 39.1 Å². The molecule has 0 aliphatic rings. The third-order valence-corrected chi connectivity index (χ3v) is 7.65. The van der Waals surface area contributed by atoms with Crippen molar-refractivity contribution in [2.45, 2.75) is 45.3 Å². The maximum absolute atomic E-state index is 14.0. The quantitative estimate of drug-likeness (QED) is 0.352. The maximum Gasteiger partial charge on any atom is 0.244 e. The number of anilines is 1. The van der Waals surface area contributed by atoms with Crippen LogP contribution in [0.2, 0.25) is 5.02 Å². The minimum atomic E-state index is -3.82. The topological polar surface area (TPSA) is 86.8 Å². The van der Waals surface area contributed by atoms with Crippen LogP contribution in [0.1, 0.15) is 31.4 Å². The number of carbonyl (C=O) groups is 2. The Morgan fingerprint density at radius 1 is 0.895 bits per heavy atom. The minimum absolute atomic E-state index is 0.0870. The Hall–Kier alpha value is -3.36. The van der Waals surface area contributed by atoms with Crippen molar-refractivity contribution < 1.29 is 18.0 Å². The van der Waals surface area contributed by atoms with E-state index >= 15 is 0 Å². The summed E-state index contributed by atoms with van der Waals surface area (Å²) < 4.78 is 26.5. The van der Waals surface area contributed by atoms with Gasteiger partial charge in [-0.1, -0.05) is 79.2 Å². The van der Waals surface area contributed by atoms with E-state index in [0.717, 1.165) is 28.1 Å². The van der Waals surface area contributed by atoms with Gasteiger partial charge in [0, 0.05) is 24.0 Å². The molecule has 0 aliphatic heterocycles. The average Bonchev–Trinajstić information content (AvgIpc) is 2.90. The molecule has 3 rings (SSSR count). The van der Waals surface area contributed by atoms with Gasteiger partial charge in [-0.3, -0.25) is 13.9 Å². The standard InChI is InChI=1S/C29H34ClN3O4S/c1-4-22(2)31-29(35)27(19-23-11-7-5-8-12-23)32(20-24-13-9-6-10-14-24)28(34)21-33(38(3,36)37)26-17-15-25(30)16-18-26/h5-18,22,27H,4,19-21H2,1-3H3,(H,31,35)/t22-,27-/m1/s1. The van der Waals surface area contributed by atoms with Gasteiger partial charge in [0.05, 0.1) is 11.9 Å². The molecule has 0 radical (unpaired) electrons. The number of carbonyl (C=O) groups excluding carboxylic acids is 2. The predicted octanol–water partition coefficient (Wildman–Crippen LogP) is 4.66. The smallest absolute Gasteiger partial charge is 0.244 e. The third kappa shape index (κ3) is 8.33. The van der Waals surface area contributed by atoms with E-state index in [1.165, 1.54) is 4.90 Å². The molecule has 3 aromatic rings. The van der Waals surface area contributed by atoms with E-state index in [4.69, 9.17) is 11.6 Å². The van der Waals surface area contributed by atoms with E-state index in [2.05, 4.69) is 5.32 Å². The number of benzene rings is 3. The highest BCUT2D eigenvalue weighted by Crippen LogP contribution is 2.22. The fraction of sp³-hybridized carbons (Fsp3) is 0.310. The van der Waals surface area contributed by atoms with Crippen LogP contribution in [0.15, 0.2) is 84.9 Å². The number of nitrogens with zero attached hydrogens (tertiary/aromatic N) is 2. The second-order valence-electron chi connectivity index (χ2n) is 9.28. The molecule has 1 N–H and O–H groups in total. The van der Waals surface area contributed by atoms with E-state index in [1.807, 2.05) is 74.5 Å². The van der Waals surface area contributed by atoms with Crippen LogP contribution in [-0.4, -0.2) is 50.0 Å². The predicted molar refractivity (Wildman–Crippen MR) is 152 cm³/mol. The van der Waals surface area contributed by atoms with Crippen molar-refractivity contribution in [2.75, 3.05) is 17.1 Å². The molecule has 0 aromatic heterocycles. The molecule has 0 heterocycles. The summed E-state index contributed by atoms with van der Waals surface area (Å²) in [5.41, 5.74) is 2.03. The molecular weight excluding hydrogens is 522 g/mol. The van der Waals surface area contributed by atoms with Crippen LogP contribution in [0.4, 0.5) is 5.69 Å². The Kier molecular flexibility index (Phi) is 10.3. The molecular formula is C29H34ClN3O4S. The zero-order chi connectivity index (χ0) is 27.7. The van der Waals surface area contributed by atoms with Crippen molar-refractivity contribution in [1.82, 2.24) is 10.2 Å². The largest absolute Gasteiger partial charge is 0.352 e. The monoisotopic (exact) mass is 555 g/mol. The van der Waals surface area contributed by atoms with E-state index in [0.29, 0.717) is 10.7 Å². The molecule has 0 bridgehead atoms. The number of hydrogen-bond donors (Lipinski definition) is 1. The van der Waals surface area contributed by atoms with Gasteiger partial charge in [-0.25, -0.2) is 8.42 Å². The summed E-state index contributed by atoms with van der Waals surface area (Å²) in [6.07, 6.45) is 2.06. The lowest BCUT2D eigenvalue weighted by atomic mass is 10.0. The molecule has 38 heavy (non-hydrogen) atoms. The van der Waals surface area contributed by atoms with Crippen molar-refractivity contribution in [3.05, 3.63) is 101 Å². The van der Waals surface area contributed by atoms with Crippen molar-refractivity contribution in [2.24, 2.45) is 0 Å². The molecule has 0 fully saturated rings. The molecule has 7 nitrogen and oxygen atoms in total. The van der Waals surface area contributed by atoms with Crippen LogP contribution < -0.4 is 9.62 Å². The first kappa shape index (κ1) is 29.2. The Morgan fingerprint density at radius 2 is 1.45 bits per heavy atom. The summed E-state index contributed by atoms with van der Waals surface area (Å²) in [5.74, 6) is -0.778. The number of amides is 2. The second kappa shape index (κ2) is 13.4. The van der Waals surface area contributed by atoms with E-state index in [1.54, 1.807) is 24.3 Å². The van der Waals surface area contributed by atoms with Crippen molar-refractivity contribution in [3.8, 4) is 0 Å². The lowest BCUT2D eigenvalue weighted by molar-refractivity contribution is -0.140. The van der Waals surface area contributed by atoms with Crippen LogP contribution in [0.25, 0.3) is 0 Å². The summed E-state index contributed by atoms with van der Waals surface area (Å²) >= 11 is 6.00. The van der Waals surface area contributed by atoms with Gasteiger partial charge in [-0.15, -0.1) is 0 Å². The number of hydrogen-bond acceptors (Lipinski definition) is 4. The average molecular weight is 556 g/mol. The van der Waals surface area contributed by atoms with Gasteiger partial charge in [-0.05, 0) is 48.7 Å². The normalized spacial score (nSPS) is 12.8. The van der Waals surface area contributed by atoms with Gasteiger partial charge in [0.1, 0.15) is 12.6 Å². The van der Waals surface area contributed by atoms with E-state index < -0.39 is 28.5 Å². The molecule has 0 spiro atoms. The highest BCUT2D eigenvalue weighted by molar-refractivity contribution is 7.92. The lowest BCUT2D eigenvalue weighted by Gasteiger charge is -2.34. The lowest BCUT2D eigenvalue weighted by Crippen LogP contribution is -2.54. The summed E-state index contributed by atoms with van der Waals surface area (Å²) in [5, 5.41) is 3.46. The summed E-state index contributed by atoms with van der Waals surface area (Å²) in [6.45, 7) is 3.56. The maximum atomic E-state index is 14.0. The van der Waals surface area contributed by atoms with Gasteiger partial charge < -0.3 is 10.2 Å². The Morgan fingerprint density at radius 3 is 1.97 bits per heavy atom. The molecule has 0 saturated heterocycles. The fourth-order valence-electron chi connectivity index (χ4n) is 4.00. The molecule has 9 heteroatoms. The molecule has 2 amide bonds. The number of sulfonamides is 1. The van der Waals surface area contributed by atoms with Gasteiger partial charge in [-0.2, -0.15) is 0 Å². The van der Waals surface area contributed by atoms with Crippen LogP contribution in [0.3, 0.4) is 0 Å². The van der Waals surface area contributed by atoms with Crippen LogP contribution in [-0.2, 0) is 32.6 Å². The number of halogens is 1. The molecule has 2 atom stereocenters. The first-order valence-corrected chi connectivity index (χ1v) is 14.7. The Labute approximate surface area is 230 Å². The third-order valence-electron chi connectivity index (χ3n) is 6.26. The number of rotatable bonds is 12. The molecule has 0 unspecified atom stereocenters. The molecule has 0 aliphatic carbocycles. The summed E-state index contributed by atoms with van der Waals surface area (Å²) in [7, 11) is -3.82. The van der Waals surface area contributed by atoms with Gasteiger partial charge in [0.25, 0.3) is 0 Å². The van der Waals surface area contributed by atoms with Crippen molar-refractivity contribution in [1.29, 1.82) is 0 Å². The van der Waals surface area contributed by atoms with Gasteiger partial charge in [0.15, 0.2) is 0 Å².